The second kappa shape index (κ2) is 11.1. The molecule has 1 aromatic carbocycles. The quantitative estimate of drug-likeness (QED) is 0.559. The summed E-state index contributed by atoms with van der Waals surface area (Å²) in [5.41, 5.74) is 1.40. The molecule has 1 heterocycles. The van der Waals surface area contributed by atoms with Gasteiger partial charge in [-0.15, -0.1) is 0 Å². The number of benzene rings is 1. The molecule has 0 amide bonds. The average molecular weight is 345 g/mol. The molecule has 0 radical (unpaired) electrons. The summed E-state index contributed by atoms with van der Waals surface area (Å²) in [6, 6.07) is 11.3. The van der Waals surface area contributed by atoms with Gasteiger partial charge in [0.1, 0.15) is 0 Å². The highest BCUT2D eigenvalue weighted by Gasteiger charge is 2.19. The third-order valence-electron chi connectivity index (χ3n) is 5.01. The van der Waals surface area contributed by atoms with Crippen LogP contribution in [0.3, 0.4) is 0 Å². The highest BCUT2D eigenvalue weighted by atomic mass is 15.2. The van der Waals surface area contributed by atoms with E-state index in [1.54, 1.807) is 0 Å². The zero-order valence-electron chi connectivity index (χ0n) is 16.3. The maximum absolute atomic E-state index is 4.81. The van der Waals surface area contributed by atoms with Crippen molar-refractivity contribution in [3.05, 3.63) is 35.9 Å². The first-order valence-corrected chi connectivity index (χ1v) is 10.0. The van der Waals surface area contributed by atoms with Gasteiger partial charge in [0.05, 0.1) is 0 Å². The fourth-order valence-corrected chi connectivity index (χ4v) is 3.45. The van der Waals surface area contributed by atoms with Crippen LogP contribution in [0.5, 0.6) is 0 Å². The lowest BCUT2D eigenvalue weighted by Gasteiger charge is -2.32. The summed E-state index contributed by atoms with van der Waals surface area (Å²) >= 11 is 0. The number of guanidine groups is 1. The second-order valence-corrected chi connectivity index (χ2v) is 7.12. The van der Waals surface area contributed by atoms with Gasteiger partial charge in [-0.05, 0) is 50.6 Å². The Morgan fingerprint density at radius 1 is 1.20 bits per heavy atom. The Balaban J connectivity index is 1.78. The van der Waals surface area contributed by atoms with Gasteiger partial charge in [0, 0.05) is 32.2 Å². The molecule has 1 atom stereocenters. The maximum atomic E-state index is 4.81. The van der Waals surface area contributed by atoms with Gasteiger partial charge in [-0.3, -0.25) is 4.99 Å². The first kappa shape index (κ1) is 19.8. The summed E-state index contributed by atoms with van der Waals surface area (Å²) in [6.07, 6.45) is 4.76. The standard InChI is InChI=1S/C21H36N4/c1-4-15-25-16-12-20(13-17-25)24-21(22-5-2)23-14-11-18(3)19-9-7-6-8-10-19/h6-10,18,20H,4-5,11-17H2,1-3H3,(H2,22,23,24). The van der Waals surface area contributed by atoms with E-state index in [4.69, 9.17) is 4.99 Å². The molecule has 0 aromatic heterocycles. The molecule has 0 spiro atoms. The van der Waals surface area contributed by atoms with E-state index in [0.717, 1.165) is 25.5 Å². The molecule has 1 saturated heterocycles. The van der Waals surface area contributed by atoms with Crippen LogP contribution >= 0.6 is 0 Å². The lowest BCUT2D eigenvalue weighted by molar-refractivity contribution is 0.206. The number of likely N-dealkylation sites (tertiary alicyclic amines) is 1. The van der Waals surface area contributed by atoms with Crippen molar-refractivity contribution in [3.8, 4) is 0 Å². The zero-order chi connectivity index (χ0) is 17.9. The summed E-state index contributed by atoms with van der Waals surface area (Å²) < 4.78 is 0. The molecule has 1 aliphatic heterocycles. The zero-order valence-corrected chi connectivity index (χ0v) is 16.3. The topological polar surface area (TPSA) is 39.7 Å². The van der Waals surface area contributed by atoms with E-state index in [0.29, 0.717) is 12.0 Å². The van der Waals surface area contributed by atoms with E-state index >= 15 is 0 Å². The molecule has 25 heavy (non-hydrogen) atoms. The monoisotopic (exact) mass is 344 g/mol. The van der Waals surface area contributed by atoms with E-state index in [-0.39, 0.29) is 0 Å². The van der Waals surface area contributed by atoms with Crippen LogP contribution in [-0.2, 0) is 0 Å². The minimum absolute atomic E-state index is 0.546. The summed E-state index contributed by atoms with van der Waals surface area (Å²) in [4.78, 5) is 7.38. The largest absolute Gasteiger partial charge is 0.357 e. The number of hydrogen-bond acceptors (Lipinski definition) is 2. The molecular formula is C21H36N4. The van der Waals surface area contributed by atoms with E-state index in [9.17, 15) is 0 Å². The van der Waals surface area contributed by atoms with Crippen LogP contribution in [0.15, 0.2) is 35.3 Å². The lowest BCUT2D eigenvalue weighted by atomic mass is 9.98. The first-order valence-electron chi connectivity index (χ1n) is 10.0. The molecule has 4 nitrogen and oxygen atoms in total. The SMILES string of the molecule is CCCN1CCC(NC(=NCCC(C)c2ccccc2)NCC)CC1. The number of aliphatic imine (C=N–C) groups is 1. The summed E-state index contributed by atoms with van der Waals surface area (Å²) in [7, 11) is 0. The Kier molecular flexibility index (Phi) is 8.81. The van der Waals surface area contributed by atoms with Crippen molar-refractivity contribution in [3.63, 3.8) is 0 Å². The van der Waals surface area contributed by atoms with Gasteiger partial charge in [-0.25, -0.2) is 0 Å². The van der Waals surface area contributed by atoms with E-state index < -0.39 is 0 Å². The number of piperidine rings is 1. The molecule has 2 rings (SSSR count). The third kappa shape index (κ3) is 7.07. The highest BCUT2D eigenvalue weighted by molar-refractivity contribution is 5.80. The van der Waals surface area contributed by atoms with Crippen LogP contribution in [-0.4, -0.2) is 49.6 Å². The van der Waals surface area contributed by atoms with Gasteiger partial charge in [-0.1, -0.05) is 44.2 Å². The van der Waals surface area contributed by atoms with Crippen LogP contribution in [0.2, 0.25) is 0 Å². The van der Waals surface area contributed by atoms with E-state index in [1.807, 2.05) is 0 Å². The van der Waals surface area contributed by atoms with Crippen molar-refractivity contribution in [2.75, 3.05) is 32.7 Å². The molecule has 2 N–H and O–H groups in total. The van der Waals surface area contributed by atoms with Crippen LogP contribution in [0.4, 0.5) is 0 Å². The van der Waals surface area contributed by atoms with Crippen molar-refractivity contribution in [1.82, 2.24) is 15.5 Å². The van der Waals surface area contributed by atoms with Crippen LogP contribution in [0.25, 0.3) is 0 Å². The Bertz CT molecular complexity index is 492. The normalized spacial score (nSPS) is 18.1. The first-order chi connectivity index (χ1) is 12.2. The predicted octanol–water partition coefficient (Wildman–Crippen LogP) is 3.61. The third-order valence-corrected chi connectivity index (χ3v) is 5.01. The summed E-state index contributed by atoms with van der Waals surface area (Å²) in [6.45, 7) is 12.1. The molecule has 1 unspecified atom stereocenters. The minimum Gasteiger partial charge on any atom is -0.357 e. The van der Waals surface area contributed by atoms with Gasteiger partial charge >= 0.3 is 0 Å². The van der Waals surface area contributed by atoms with Gasteiger partial charge in [-0.2, -0.15) is 0 Å². The lowest BCUT2D eigenvalue weighted by Crippen LogP contribution is -2.48. The molecule has 1 fully saturated rings. The Morgan fingerprint density at radius 2 is 1.92 bits per heavy atom. The van der Waals surface area contributed by atoms with Gasteiger partial charge in [0.25, 0.3) is 0 Å². The molecule has 1 aromatic rings. The van der Waals surface area contributed by atoms with Gasteiger partial charge in [0.15, 0.2) is 5.96 Å². The van der Waals surface area contributed by atoms with Crippen molar-refractivity contribution in [2.24, 2.45) is 4.99 Å². The van der Waals surface area contributed by atoms with Crippen molar-refractivity contribution in [1.29, 1.82) is 0 Å². The number of hydrogen-bond donors (Lipinski definition) is 2. The fraction of sp³-hybridized carbons (Fsp3) is 0.667. The van der Waals surface area contributed by atoms with Crippen molar-refractivity contribution in [2.45, 2.75) is 58.4 Å². The van der Waals surface area contributed by atoms with Crippen molar-refractivity contribution < 1.29 is 0 Å². The molecule has 0 bridgehead atoms. The second-order valence-electron chi connectivity index (χ2n) is 7.12. The molecule has 4 heteroatoms. The molecule has 140 valence electrons. The minimum atomic E-state index is 0.546. The van der Waals surface area contributed by atoms with Crippen LogP contribution in [0.1, 0.15) is 57.9 Å². The predicted molar refractivity (Wildman–Crippen MR) is 108 cm³/mol. The molecular weight excluding hydrogens is 308 g/mol. The summed E-state index contributed by atoms with van der Waals surface area (Å²) in [5.74, 6) is 1.53. The summed E-state index contributed by atoms with van der Waals surface area (Å²) in [5, 5.41) is 7.05. The molecule has 0 aliphatic carbocycles. The molecule has 1 aliphatic rings. The smallest absolute Gasteiger partial charge is 0.191 e. The molecule has 0 saturated carbocycles. The Morgan fingerprint density at radius 3 is 2.56 bits per heavy atom. The Labute approximate surface area is 154 Å². The number of nitrogens with zero attached hydrogens (tertiary/aromatic N) is 2. The average Bonchev–Trinajstić information content (AvgIpc) is 2.64. The number of nitrogens with one attached hydrogen (secondary N) is 2. The van der Waals surface area contributed by atoms with E-state index in [2.05, 4.69) is 66.6 Å². The Hall–Kier alpha value is -1.55. The maximum Gasteiger partial charge on any atom is 0.191 e. The van der Waals surface area contributed by atoms with Gasteiger partial charge in [0.2, 0.25) is 0 Å². The number of rotatable bonds is 8. The van der Waals surface area contributed by atoms with Crippen molar-refractivity contribution >= 4 is 5.96 Å². The fourth-order valence-electron chi connectivity index (χ4n) is 3.45. The van der Waals surface area contributed by atoms with Crippen LogP contribution in [0, 0.1) is 0 Å². The van der Waals surface area contributed by atoms with E-state index in [1.165, 1.54) is 44.5 Å². The van der Waals surface area contributed by atoms with Gasteiger partial charge < -0.3 is 15.5 Å². The van der Waals surface area contributed by atoms with Crippen LogP contribution < -0.4 is 10.6 Å². The highest BCUT2D eigenvalue weighted by Crippen LogP contribution is 2.18.